The summed E-state index contributed by atoms with van der Waals surface area (Å²) in [6, 6.07) is 19.8. The second kappa shape index (κ2) is 8.04. The van der Waals surface area contributed by atoms with Gasteiger partial charge in [-0.3, -0.25) is 4.72 Å². The van der Waals surface area contributed by atoms with Crippen LogP contribution in [0.5, 0.6) is 0 Å². The zero-order valence-corrected chi connectivity index (χ0v) is 18.8. The molecule has 152 valence electrons. The number of aryl methyl sites for hydroxylation is 2. The molecule has 30 heavy (non-hydrogen) atoms. The van der Waals surface area contributed by atoms with E-state index in [9.17, 15) is 8.42 Å². The van der Waals surface area contributed by atoms with Crippen molar-refractivity contribution in [3.8, 4) is 0 Å². The van der Waals surface area contributed by atoms with Gasteiger partial charge in [0.1, 0.15) is 0 Å². The largest absolute Gasteiger partial charge is 0.337 e. The first-order chi connectivity index (χ1) is 14.3. The Hall–Kier alpha value is -2.97. The van der Waals surface area contributed by atoms with Crippen molar-refractivity contribution < 1.29 is 8.42 Å². The predicted molar refractivity (Wildman–Crippen MR) is 124 cm³/mol. The van der Waals surface area contributed by atoms with Crippen LogP contribution in [-0.2, 0) is 10.0 Å². The van der Waals surface area contributed by atoms with E-state index in [2.05, 4.69) is 35.9 Å². The summed E-state index contributed by atoms with van der Waals surface area (Å²) in [6.07, 6.45) is 0. The van der Waals surface area contributed by atoms with Crippen LogP contribution in [0.4, 0.5) is 17.3 Å². The van der Waals surface area contributed by atoms with Crippen molar-refractivity contribution in [2.24, 2.45) is 0 Å². The molecule has 0 aliphatic heterocycles. The number of rotatable bonds is 5. The average Bonchev–Trinajstić information content (AvgIpc) is 2.70. The SMILES string of the molecule is Cc1ccc(S(=O)(=O)Nc2nc3ccccc3nc2Nc2cccc(Br)c2)cc1C. The van der Waals surface area contributed by atoms with Gasteiger partial charge in [0.05, 0.1) is 15.9 Å². The molecule has 3 aromatic carbocycles. The summed E-state index contributed by atoms with van der Waals surface area (Å²) < 4.78 is 29.6. The van der Waals surface area contributed by atoms with E-state index in [1.807, 2.05) is 56.3 Å². The van der Waals surface area contributed by atoms with Crippen LogP contribution in [0.15, 0.2) is 76.1 Å². The van der Waals surface area contributed by atoms with Crippen molar-refractivity contribution in [3.05, 3.63) is 82.3 Å². The third-order valence-corrected chi connectivity index (χ3v) is 6.51. The number of fused-ring (bicyclic) bond motifs is 1. The fourth-order valence-electron chi connectivity index (χ4n) is 2.93. The standard InChI is InChI=1S/C22H19BrN4O2S/c1-14-10-11-18(12-15(14)2)30(28,29)27-22-21(24-17-7-5-6-16(23)13-17)25-19-8-3-4-9-20(19)26-22/h3-13H,1-2H3,(H,24,25)(H,26,27). The highest BCUT2D eigenvalue weighted by Crippen LogP contribution is 2.28. The van der Waals surface area contributed by atoms with Gasteiger partial charge in [0.15, 0.2) is 11.6 Å². The minimum Gasteiger partial charge on any atom is -0.337 e. The van der Waals surface area contributed by atoms with Gasteiger partial charge < -0.3 is 5.32 Å². The Morgan fingerprint density at radius 2 is 1.50 bits per heavy atom. The fraction of sp³-hybridized carbons (Fsp3) is 0.0909. The second-order valence-corrected chi connectivity index (χ2v) is 9.49. The van der Waals surface area contributed by atoms with E-state index in [-0.39, 0.29) is 10.7 Å². The third kappa shape index (κ3) is 4.29. The van der Waals surface area contributed by atoms with Gasteiger partial charge in [-0.15, -0.1) is 0 Å². The maximum Gasteiger partial charge on any atom is 0.263 e. The van der Waals surface area contributed by atoms with E-state index in [4.69, 9.17) is 0 Å². The Bertz CT molecular complexity index is 1360. The number of anilines is 3. The van der Waals surface area contributed by atoms with Crippen LogP contribution in [0.25, 0.3) is 11.0 Å². The lowest BCUT2D eigenvalue weighted by atomic mass is 10.1. The molecular weight excluding hydrogens is 464 g/mol. The van der Waals surface area contributed by atoms with E-state index >= 15 is 0 Å². The van der Waals surface area contributed by atoms with Crippen molar-refractivity contribution in [1.29, 1.82) is 0 Å². The van der Waals surface area contributed by atoms with E-state index in [0.717, 1.165) is 21.3 Å². The van der Waals surface area contributed by atoms with Crippen molar-refractivity contribution >= 4 is 54.3 Å². The molecule has 0 fully saturated rings. The van der Waals surface area contributed by atoms with Crippen LogP contribution in [0.3, 0.4) is 0 Å². The molecule has 0 bridgehead atoms. The van der Waals surface area contributed by atoms with Gasteiger partial charge in [-0.2, -0.15) is 0 Å². The van der Waals surface area contributed by atoms with E-state index in [1.54, 1.807) is 24.3 Å². The summed E-state index contributed by atoms with van der Waals surface area (Å²) in [4.78, 5) is 9.29. The molecule has 0 saturated carbocycles. The molecule has 1 heterocycles. The van der Waals surface area contributed by atoms with Gasteiger partial charge in [-0.25, -0.2) is 18.4 Å². The number of aromatic nitrogens is 2. The van der Waals surface area contributed by atoms with Gasteiger partial charge in [-0.05, 0) is 67.4 Å². The first kappa shape index (κ1) is 20.3. The van der Waals surface area contributed by atoms with Crippen LogP contribution in [0.2, 0.25) is 0 Å². The van der Waals surface area contributed by atoms with Gasteiger partial charge in [-0.1, -0.05) is 40.2 Å². The summed E-state index contributed by atoms with van der Waals surface area (Å²) in [5.74, 6) is 0.450. The fourth-order valence-corrected chi connectivity index (χ4v) is 4.42. The van der Waals surface area contributed by atoms with E-state index in [0.29, 0.717) is 16.9 Å². The maximum atomic E-state index is 13.0. The topological polar surface area (TPSA) is 84.0 Å². The molecule has 0 amide bonds. The lowest BCUT2D eigenvalue weighted by Gasteiger charge is -2.14. The lowest BCUT2D eigenvalue weighted by Crippen LogP contribution is -2.16. The molecule has 4 aromatic rings. The van der Waals surface area contributed by atoms with Crippen LogP contribution < -0.4 is 10.0 Å². The number of nitrogens with one attached hydrogen (secondary N) is 2. The summed E-state index contributed by atoms with van der Waals surface area (Å²) in [6.45, 7) is 3.82. The Morgan fingerprint density at radius 1 is 0.800 bits per heavy atom. The predicted octanol–water partition coefficient (Wildman–Crippen LogP) is 5.55. The summed E-state index contributed by atoms with van der Waals surface area (Å²) >= 11 is 3.44. The number of hydrogen-bond acceptors (Lipinski definition) is 5. The molecule has 8 heteroatoms. The quantitative estimate of drug-likeness (QED) is 0.389. The Kier molecular flexibility index (Phi) is 5.44. The number of para-hydroxylation sites is 2. The van der Waals surface area contributed by atoms with Gasteiger partial charge in [0.2, 0.25) is 0 Å². The van der Waals surface area contributed by atoms with Crippen molar-refractivity contribution in [3.63, 3.8) is 0 Å². The highest BCUT2D eigenvalue weighted by atomic mass is 79.9. The Morgan fingerprint density at radius 3 is 2.17 bits per heavy atom. The molecule has 4 rings (SSSR count). The summed E-state index contributed by atoms with van der Waals surface area (Å²) in [5.41, 5.74) is 3.92. The molecule has 0 radical (unpaired) electrons. The lowest BCUT2D eigenvalue weighted by molar-refractivity contribution is 0.601. The highest BCUT2D eigenvalue weighted by molar-refractivity contribution is 9.10. The van der Waals surface area contributed by atoms with Gasteiger partial charge in [0, 0.05) is 10.2 Å². The molecule has 0 aliphatic rings. The summed E-state index contributed by atoms with van der Waals surface area (Å²) in [7, 11) is -3.85. The van der Waals surface area contributed by atoms with Crippen molar-refractivity contribution in [2.75, 3.05) is 10.0 Å². The van der Waals surface area contributed by atoms with Crippen LogP contribution >= 0.6 is 15.9 Å². The molecule has 0 unspecified atom stereocenters. The molecule has 0 saturated heterocycles. The number of benzene rings is 3. The number of halogens is 1. The van der Waals surface area contributed by atoms with Crippen LogP contribution in [-0.4, -0.2) is 18.4 Å². The Balaban J connectivity index is 1.79. The second-order valence-electron chi connectivity index (χ2n) is 6.90. The maximum absolute atomic E-state index is 13.0. The zero-order chi connectivity index (χ0) is 21.3. The monoisotopic (exact) mass is 482 g/mol. The number of sulfonamides is 1. The molecule has 6 nitrogen and oxygen atoms in total. The molecule has 2 N–H and O–H groups in total. The summed E-state index contributed by atoms with van der Waals surface area (Å²) in [5, 5.41) is 3.17. The number of hydrogen-bond donors (Lipinski definition) is 2. The van der Waals surface area contributed by atoms with E-state index < -0.39 is 10.0 Å². The van der Waals surface area contributed by atoms with Crippen LogP contribution in [0.1, 0.15) is 11.1 Å². The first-order valence-electron chi connectivity index (χ1n) is 9.21. The molecule has 0 atom stereocenters. The van der Waals surface area contributed by atoms with E-state index in [1.165, 1.54) is 0 Å². The van der Waals surface area contributed by atoms with Crippen molar-refractivity contribution in [2.45, 2.75) is 18.7 Å². The molecule has 0 aliphatic carbocycles. The minimum absolute atomic E-state index is 0.131. The van der Waals surface area contributed by atoms with Crippen molar-refractivity contribution in [1.82, 2.24) is 9.97 Å². The minimum atomic E-state index is -3.85. The average molecular weight is 483 g/mol. The first-order valence-corrected chi connectivity index (χ1v) is 11.5. The van der Waals surface area contributed by atoms with Gasteiger partial charge in [0.25, 0.3) is 10.0 Å². The van der Waals surface area contributed by atoms with Gasteiger partial charge >= 0.3 is 0 Å². The van der Waals surface area contributed by atoms with Crippen LogP contribution in [0, 0.1) is 13.8 Å². The highest BCUT2D eigenvalue weighted by Gasteiger charge is 2.19. The Labute approximate surface area is 183 Å². The smallest absolute Gasteiger partial charge is 0.263 e. The molecular formula is C22H19BrN4O2S. The normalized spacial score (nSPS) is 11.4. The molecule has 0 spiro atoms. The molecule has 1 aromatic heterocycles. The zero-order valence-electron chi connectivity index (χ0n) is 16.3. The number of nitrogens with zero attached hydrogens (tertiary/aromatic N) is 2. The third-order valence-electron chi connectivity index (χ3n) is 4.68.